The van der Waals surface area contributed by atoms with E-state index in [4.69, 9.17) is 9.47 Å². The summed E-state index contributed by atoms with van der Waals surface area (Å²) in [6.45, 7) is 1.60. The van der Waals surface area contributed by atoms with Crippen molar-refractivity contribution in [2.24, 2.45) is 5.92 Å². The first-order valence-corrected chi connectivity index (χ1v) is 7.04. The Labute approximate surface area is 122 Å². The van der Waals surface area contributed by atoms with E-state index in [1.807, 2.05) is 0 Å². The number of benzene rings is 1. The van der Waals surface area contributed by atoms with Gasteiger partial charge in [-0.25, -0.2) is 0 Å². The highest BCUT2D eigenvalue weighted by Gasteiger charge is 2.21. The number of hydrogen-bond acceptors (Lipinski definition) is 4. The van der Waals surface area contributed by atoms with Crippen LogP contribution < -0.4 is 14.8 Å². The molecule has 5 heteroatoms. The van der Waals surface area contributed by atoms with Crippen molar-refractivity contribution in [2.45, 2.75) is 26.2 Å². The second-order valence-corrected chi connectivity index (χ2v) is 5.33. The first-order chi connectivity index (χ1) is 10.1. The molecule has 0 radical (unpaired) electrons. The number of amides is 1. The smallest absolute Gasteiger partial charge is 0.231 e. The van der Waals surface area contributed by atoms with Crippen LogP contribution in [0.15, 0.2) is 24.3 Å². The largest absolute Gasteiger partial charge is 0.454 e. The highest BCUT2D eigenvalue weighted by Crippen LogP contribution is 2.37. The van der Waals surface area contributed by atoms with E-state index in [1.54, 1.807) is 12.1 Å². The molecule has 0 saturated carbocycles. The van der Waals surface area contributed by atoms with Crippen LogP contribution in [-0.2, 0) is 4.79 Å². The summed E-state index contributed by atoms with van der Waals surface area (Å²) in [4.78, 5) is 23.8. The molecule has 1 aromatic rings. The van der Waals surface area contributed by atoms with E-state index >= 15 is 0 Å². The number of Topliss-reactive ketones (excluding diaryl/α,β-unsaturated/α-hetero) is 1. The van der Waals surface area contributed by atoms with E-state index in [9.17, 15) is 9.59 Å². The van der Waals surface area contributed by atoms with Gasteiger partial charge >= 0.3 is 0 Å². The molecule has 0 saturated heterocycles. The Morgan fingerprint density at radius 1 is 1.29 bits per heavy atom. The van der Waals surface area contributed by atoms with Crippen LogP contribution in [-0.4, -0.2) is 18.5 Å². The normalized spacial score (nSPS) is 18.8. The van der Waals surface area contributed by atoms with Crippen molar-refractivity contribution in [1.82, 2.24) is 0 Å². The monoisotopic (exact) mass is 287 g/mol. The van der Waals surface area contributed by atoms with Crippen LogP contribution in [0.25, 0.3) is 0 Å². The molecular formula is C16H17NO4. The summed E-state index contributed by atoms with van der Waals surface area (Å²) < 4.78 is 10.6. The Balaban J connectivity index is 1.78. The predicted octanol–water partition coefficient (Wildman–Crippen LogP) is 2.91. The minimum absolute atomic E-state index is 0.0899. The lowest BCUT2D eigenvalue weighted by Gasteiger charge is -2.12. The number of carbonyl (C=O) groups excluding carboxylic acids is 2. The molecule has 5 nitrogen and oxygen atoms in total. The zero-order valence-corrected chi connectivity index (χ0v) is 11.8. The molecular weight excluding hydrogens is 270 g/mol. The molecule has 21 heavy (non-hydrogen) atoms. The van der Waals surface area contributed by atoms with Gasteiger partial charge in [0.05, 0.1) is 5.69 Å². The van der Waals surface area contributed by atoms with Crippen LogP contribution in [0.3, 0.4) is 0 Å². The van der Waals surface area contributed by atoms with E-state index in [0.29, 0.717) is 35.1 Å². The van der Waals surface area contributed by atoms with Gasteiger partial charge in [0.2, 0.25) is 12.7 Å². The average molecular weight is 287 g/mol. The number of nitrogens with one attached hydrogen (secondary N) is 1. The number of carbonyl (C=O) groups is 2. The van der Waals surface area contributed by atoms with Gasteiger partial charge in [-0.3, -0.25) is 9.59 Å². The number of ketones is 1. The molecule has 1 aliphatic carbocycles. The van der Waals surface area contributed by atoms with E-state index < -0.39 is 0 Å². The SMILES string of the molecule is CC(=O)c1cc2c(cc1NC(=O)CC1C=CCC1)OCO2. The maximum atomic E-state index is 12.1. The van der Waals surface area contributed by atoms with Crippen LogP contribution >= 0.6 is 0 Å². The van der Waals surface area contributed by atoms with Crippen molar-refractivity contribution < 1.29 is 19.1 Å². The number of anilines is 1. The zero-order valence-electron chi connectivity index (χ0n) is 11.8. The van der Waals surface area contributed by atoms with Gasteiger partial charge in [-0.2, -0.15) is 0 Å². The third kappa shape index (κ3) is 2.91. The Kier molecular flexibility index (Phi) is 3.64. The molecule has 1 aliphatic heterocycles. The molecule has 1 N–H and O–H groups in total. The number of fused-ring (bicyclic) bond motifs is 1. The van der Waals surface area contributed by atoms with Crippen LogP contribution in [0.2, 0.25) is 0 Å². The lowest BCUT2D eigenvalue weighted by molar-refractivity contribution is -0.116. The minimum atomic E-state index is -0.121. The third-order valence-corrected chi connectivity index (χ3v) is 3.73. The van der Waals surface area contributed by atoms with Crippen molar-refractivity contribution in [1.29, 1.82) is 0 Å². The predicted molar refractivity (Wildman–Crippen MR) is 77.7 cm³/mol. The molecule has 3 rings (SSSR count). The van der Waals surface area contributed by atoms with Gasteiger partial charge < -0.3 is 14.8 Å². The molecule has 1 amide bonds. The molecule has 0 aromatic heterocycles. The second-order valence-electron chi connectivity index (χ2n) is 5.33. The Bertz CT molecular complexity index is 621. The van der Waals surface area contributed by atoms with Gasteiger partial charge in [-0.05, 0) is 31.7 Å². The van der Waals surface area contributed by atoms with Crippen molar-refractivity contribution >= 4 is 17.4 Å². The van der Waals surface area contributed by atoms with E-state index in [2.05, 4.69) is 17.5 Å². The average Bonchev–Trinajstić information content (AvgIpc) is 3.07. The summed E-state index contributed by atoms with van der Waals surface area (Å²) in [6, 6.07) is 3.28. The minimum Gasteiger partial charge on any atom is -0.454 e. The standard InChI is InChI=1S/C16H17NO4/c1-10(18)12-7-14-15(21-9-20-14)8-13(12)17-16(19)6-11-4-2-3-5-11/h2,4,7-8,11H,3,5-6,9H2,1H3,(H,17,19). The molecule has 1 atom stereocenters. The topological polar surface area (TPSA) is 64.6 Å². The van der Waals surface area contributed by atoms with Gasteiger partial charge in [0.1, 0.15) is 0 Å². The zero-order chi connectivity index (χ0) is 14.8. The van der Waals surface area contributed by atoms with E-state index in [0.717, 1.165) is 12.8 Å². The third-order valence-electron chi connectivity index (χ3n) is 3.73. The second kappa shape index (κ2) is 5.60. The fourth-order valence-corrected chi connectivity index (χ4v) is 2.64. The number of rotatable bonds is 4. The molecule has 1 unspecified atom stereocenters. The molecule has 0 fully saturated rings. The highest BCUT2D eigenvalue weighted by atomic mass is 16.7. The summed E-state index contributed by atoms with van der Waals surface area (Å²) in [6.07, 6.45) is 6.64. The van der Waals surface area contributed by atoms with Crippen molar-refractivity contribution in [3.05, 3.63) is 29.8 Å². The van der Waals surface area contributed by atoms with Gasteiger partial charge in [-0.15, -0.1) is 0 Å². The first kappa shape index (κ1) is 13.7. The van der Waals surface area contributed by atoms with Crippen molar-refractivity contribution in [3.63, 3.8) is 0 Å². The molecule has 0 bridgehead atoms. The summed E-state index contributed by atoms with van der Waals surface area (Å²) >= 11 is 0. The van der Waals surface area contributed by atoms with Crippen molar-refractivity contribution in [2.75, 3.05) is 12.1 Å². The summed E-state index contributed by atoms with van der Waals surface area (Å²) in [5.41, 5.74) is 0.924. The van der Waals surface area contributed by atoms with Gasteiger partial charge in [0.25, 0.3) is 0 Å². The highest BCUT2D eigenvalue weighted by molar-refractivity contribution is 6.04. The number of allylic oxidation sites excluding steroid dienone is 2. The molecule has 2 aliphatic rings. The van der Waals surface area contributed by atoms with Crippen LogP contribution in [0, 0.1) is 5.92 Å². The molecule has 1 aromatic carbocycles. The Hall–Kier alpha value is -2.30. The lowest BCUT2D eigenvalue weighted by Crippen LogP contribution is -2.16. The van der Waals surface area contributed by atoms with Crippen LogP contribution in [0.5, 0.6) is 11.5 Å². The van der Waals surface area contributed by atoms with Gasteiger partial charge in [0.15, 0.2) is 17.3 Å². The maximum Gasteiger partial charge on any atom is 0.231 e. The quantitative estimate of drug-likeness (QED) is 0.683. The summed E-state index contributed by atoms with van der Waals surface area (Å²) in [5, 5.41) is 2.82. The Morgan fingerprint density at radius 2 is 2.05 bits per heavy atom. The fraction of sp³-hybridized carbons (Fsp3) is 0.375. The maximum absolute atomic E-state index is 12.1. The fourth-order valence-electron chi connectivity index (χ4n) is 2.64. The summed E-state index contributed by atoms with van der Waals surface area (Å²) in [5.74, 6) is 1.17. The van der Waals surface area contributed by atoms with Gasteiger partial charge in [0, 0.05) is 18.1 Å². The summed E-state index contributed by atoms with van der Waals surface area (Å²) in [7, 11) is 0. The number of hydrogen-bond donors (Lipinski definition) is 1. The van der Waals surface area contributed by atoms with Crippen LogP contribution in [0.1, 0.15) is 36.5 Å². The number of ether oxygens (including phenoxy) is 2. The van der Waals surface area contributed by atoms with Crippen molar-refractivity contribution in [3.8, 4) is 11.5 Å². The Morgan fingerprint density at radius 3 is 2.71 bits per heavy atom. The van der Waals surface area contributed by atoms with Gasteiger partial charge in [-0.1, -0.05) is 12.2 Å². The molecule has 1 heterocycles. The molecule has 110 valence electrons. The first-order valence-electron chi connectivity index (χ1n) is 7.04. The lowest BCUT2D eigenvalue weighted by atomic mass is 10.0. The van der Waals surface area contributed by atoms with Crippen LogP contribution in [0.4, 0.5) is 5.69 Å². The van der Waals surface area contributed by atoms with E-state index in [1.165, 1.54) is 6.92 Å². The molecule has 0 spiro atoms. The van der Waals surface area contributed by atoms with E-state index in [-0.39, 0.29) is 18.5 Å².